The standard InChI is InChI=1S/C19H31N7O/c1-19(2,3)14-12-22-17(27-14)13-23-18(20-4)21-10-9-16-25-24-15-8-6-5-7-11-26(15)16/h12H,5-11,13H2,1-4H3,(H2,20,21,23). The van der Waals surface area contributed by atoms with E-state index in [0.717, 1.165) is 49.3 Å². The Kier molecular flexibility index (Phi) is 6.13. The van der Waals surface area contributed by atoms with Gasteiger partial charge < -0.3 is 19.6 Å². The molecule has 2 aromatic rings. The van der Waals surface area contributed by atoms with Crippen LogP contribution in [0.15, 0.2) is 15.6 Å². The highest BCUT2D eigenvalue weighted by atomic mass is 16.4. The molecule has 0 spiro atoms. The molecule has 0 saturated carbocycles. The second-order valence-electron chi connectivity index (χ2n) is 7.97. The lowest BCUT2D eigenvalue weighted by molar-refractivity contribution is 0.379. The van der Waals surface area contributed by atoms with Crippen molar-refractivity contribution in [3.63, 3.8) is 0 Å². The zero-order chi connectivity index (χ0) is 19.3. The highest BCUT2D eigenvalue weighted by Crippen LogP contribution is 2.22. The minimum Gasteiger partial charge on any atom is -0.443 e. The van der Waals surface area contributed by atoms with Crippen LogP contribution in [-0.4, -0.2) is 39.3 Å². The summed E-state index contributed by atoms with van der Waals surface area (Å²) in [6, 6.07) is 0. The Bertz CT molecular complexity index is 769. The second-order valence-corrected chi connectivity index (χ2v) is 7.97. The van der Waals surface area contributed by atoms with E-state index in [-0.39, 0.29) is 5.41 Å². The van der Waals surface area contributed by atoms with Crippen molar-refractivity contribution in [1.82, 2.24) is 30.4 Å². The van der Waals surface area contributed by atoms with E-state index in [2.05, 4.69) is 56.1 Å². The summed E-state index contributed by atoms with van der Waals surface area (Å²) in [4.78, 5) is 8.60. The second kappa shape index (κ2) is 8.54. The first-order chi connectivity index (χ1) is 13.0. The van der Waals surface area contributed by atoms with Crippen LogP contribution in [0.3, 0.4) is 0 Å². The number of rotatable bonds is 5. The maximum Gasteiger partial charge on any atom is 0.213 e. The number of aryl methyl sites for hydroxylation is 1. The van der Waals surface area contributed by atoms with Crippen molar-refractivity contribution >= 4 is 5.96 Å². The van der Waals surface area contributed by atoms with Gasteiger partial charge in [0.2, 0.25) is 5.89 Å². The predicted octanol–water partition coefficient (Wildman–Crippen LogP) is 2.20. The van der Waals surface area contributed by atoms with Gasteiger partial charge in [0.15, 0.2) is 5.96 Å². The van der Waals surface area contributed by atoms with Gasteiger partial charge in [0.05, 0.1) is 12.7 Å². The van der Waals surface area contributed by atoms with Crippen LogP contribution in [0.1, 0.15) is 63.3 Å². The van der Waals surface area contributed by atoms with Gasteiger partial charge >= 0.3 is 0 Å². The summed E-state index contributed by atoms with van der Waals surface area (Å²) in [6.07, 6.45) is 7.35. The van der Waals surface area contributed by atoms with Crippen LogP contribution in [0.2, 0.25) is 0 Å². The van der Waals surface area contributed by atoms with Gasteiger partial charge in [-0.3, -0.25) is 4.99 Å². The summed E-state index contributed by atoms with van der Waals surface area (Å²) < 4.78 is 8.09. The molecular weight excluding hydrogens is 342 g/mol. The van der Waals surface area contributed by atoms with E-state index >= 15 is 0 Å². The van der Waals surface area contributed by atoms with Crippen LogP contribution in [0.25, 0.3) is 0 Å². The Morgan fingerprint density at radius 1 is 1.22 bits per heavy atom. The number of fused-ring (bicyclic) bond motifs is 1. The van der Waals surface area contributed by atoms with E-state index in [1.165, 1.54) is 19.3 Å². The maximum absolute atomic E-state index is 5.80. The van der Waals surface area contributed by atoms with Gasteiger partial charge in [-0.25, -0.2) is 4.98 Å². The highest BCUT2D eigenvalue weighted by molar-refractivity contribution is 5.79. The number of nitrogens with one attached hydrogen (secondary N) is 2. The molecule has 0 fully saturated rings. The van der Waals surface area contributed by atoms with E-state index in [1.807, 2.05) is 0 Å². The van der Waals surface area contributed by atoms with Crippen LogP contribution in [-0.2, 0) is 31.3 Å². The fourth-order valence-electron chi connectivity index (χ4n) is 3.14. The summed E-state index contributed by atoms with van der Waals surface area (Å²) >= 11 is 0. The topological polar surface area (TPSA) is 93.2 Å². The molecule has 148 valence electrons. The Morgan fingerprint density at radius 3 is 2.81 bits per heavy atom. The predicted molar refractivity (Wildman–Crippen MR) is 105 cm³/mol. The van der Waals surface area contributed by atoms with Crippen LogP contribution in [0.5, 0.6) is 0 Å². The van der Waals surface area contributed by atoms with Crippen LogP contribution in [0.4, 0.5) is 0 Å². The van der Waals surface area contributed by atoms with E-state index in [1.54, 1.807) is 13.2 Å². The van der Waals surface area contributed by atoms with Crippen LogP contribution < -0.4 is 10.6 Å². The van der Waals surface area contributed by atoms with Crippen molar-refractivity contribution in [2.75, 3.05) is 13.6 Å². The van der Waals surface area contributed by atoms with E-state index in [4.69, 9.17) is 4.42 Å². The third-order valence-corrected chi connectivity index (χ3v) is 4.75. The van der Waals surface area contributed by atoms with Crippen molar-refractivity contribution in [2.24, 2.45) is 4.99 Å². The average molecular weight is 374 g/mol. The number of aromatic nitrogens is 4. The number of hydrogen-bond acceptors (Lipinski definition) is 5. The molecule has 0 aromatic carbocycles. The average Bonchev–Trinajstić information content (AvgIpc) is 3.19. The number of oxazole rings is 1. The maximum atomic E-state index is 5.80. The Hall–Kier alpha value is -2.38. The Morgan fingerprint density at radius 2 is 2.07 bits per heavy atom. The first-order valence-corrected chi connectivity index (χ1v) is 9.78. The molecule has 0 bridgehead atoms. The highest BCUT2D eigenvalue weighted by Gasteiger charge is 2.19. The Balaban J connectivity index is 1.47. The first-order valence-electron chi connectivity index (χ1n) is 9.78. The van der Waals surface area contributed by atoms with Crippen molar-refractivity contribution in [2.45, 2.75) is 71.4 Å². The minimum atomic E-state index is -0.0402. The molecular formula is C19H31N7O. The fraction of sp³-hybridized carbons (Fsp3) is 0.684. The molecule has 0 aliphatic carbocycles. The summed E-state index contributed by atoms with van der Waals surface area (Å²) in [7, 11) is 1.76. The SMILES string of the molecule is CN=C(NCCc1nnc2n1CCCCC2)NCc1ncc(C(C)(C)C)o1. The molecule has 0 atom stereocenters. The van der Waals surface area contributed by atoms with Crippen LogP contribution in [0, 0.1) is 0 Å². The van der Waals surface area contributed by atoms with Gasteiger partial charge in [-0.1, -0.05) is 27.2 Å². The number of aliphatic imine (C=N–C) groups is 1. The van der Waals surface area contributed by atoms with Gasteiger partial charge in [-0.15, -0.1) is 10.2 Å². The number of nitrogens with zero attached hydrogens (tertiary/aromatic N) is 5. The van der Waals surface area contributed by atoms with Gasteiger partial charge in [0.1, 0.15) is 17.4 Å². The van der Waals surface area contributed by atoms with Gasteiger partial charge in [-0.05, 0) is 12.8 Å². The van der Waals surface area contributed by atoms with Crippen molar-refractivity contribution < 1.29 is 4.42 Å². The van der Waals surface area contributed by atoms with Gasteiger partial charge in [0.25, 0.3) is 0 Å². The molecule has 2 aromatic heterocycles. The normalized spacial score (nSPS) is 15.3. The molecule has 2 N–H and O–H groups in total. The molecule has 0 radical (unpaired) electrons. The third kappa shape index (κ3) is 5.08. The lowest BCUT2D eigenvalue weighted by atomic mass is 9.94. The van der Waals surface area contributed by atoms with E-state index in [0.29, 0.717) is 12.4 Å². The molecule has 1 aliphatic heterocycles. The monoisotopic (exact) mass is 373 g/mol. The molecule has 0 saturated heterocycles. The quantitative estimate of drug-likeness (QED) is 0.616. The number of guanidine groups is 1. The number of hydrogen-bond donors (Lipinski definition) is 2. The van der Waals surface area contributed by atoms with Crippen molar-refractivity contribution in [1.29, 1.82) is 0 Å². The molecule has 1 aliphatic rings. The summed E-state index contributed by atoms with van der Waals surface area (Å²) in [5, 5.41) is 15.3. The lowest BCUT2D eigenvalue weighted by Gasteiger charge is -2.13. The summed E-state index contributed by atoms with van der Waals surface area (Å²) in [5.74, 6) is 4.45. The molecule has 3 heterocycles. The fourth-order valence-corrected chi connectivity index (χ4v) is 3.14. The van der Waals surface area contributed by atoms with Crippen LogP contribution >= 0.6 is 0 Å². The van der Waals surface area contributed by atoms with Gasteiger partial charge in [-0.2, -0.15) is 0 Å². The van der Waals surface area contributed by atoms with E-state index < -0.39 is 0 Å². The van der Waals surface area contributed by atoms with E-state index in [9.17, 15) is 0 Å². The van der Waals surface area contributed by atoms with Crippen molar-refractivity contribution in [3.8, 4) is 0 Å². The van der Waals surface area contributed by atoms with Gasteiger partial charge in [0, 0.05) is 38.4 Å². The third-order valence-electron chi connectivity index (χ3n) is 4.75. The molecule has 8 nitrogen and oxygen atoms in total. The largest absolute Gasteiger partial charge is 0.443 e. The Labute approximate surface area is 160 Å². The molecule has 8 heteroatoms. The first kappa shape index (κ1) is 19.4. The smallest absolute Gasteiger partial charge is 0.213 e. The molecule has 0 unspecified atom stereocenters. The summed E-state index contributed by atoms with van der Waals surface area (Å²) in [6.45, 7) is 8.60. The zero-order valence-electron chi connectivity index (χ0n) is 16.9. The molecule has 0 amide bonds. The zero-order valence-corrected chi connectivity index (χ0v) is 16.9. The molecule has 3 rings (SSSR count). The minimum absolute atomic E-state index is 0.0402. The molecule has 27 heavy (non-hydrogen) atoms. The lowest BCUT2D eigenvalue weighted by Crippen LogP contribution is -2.38. The van der Waals surface area contributed by atoms with Crippen molar-refractivity contribution in [3.05, 3.63) is 29.5 Å². The summed E-state index contributed by atoms with van der Waals surface area (Å²) in [5.41, 5.74) is -0.0402.